The third-order valence-corrected chi connectivity index (χ3v) is 4.18. The minimum absolute atomic E-state index is 0.157. The van der Waals surface area contributed by atoms with Crippen molar-refractivity contribution in [3.05, 3.63) is 53.9 Å². The highest BCUT2D eigenvalue weighted by molar-refractivity contribution is 5.93. The minimum atomic E-state index is -1.01. The maximum Gasteiger partial charge on any atom is 0.335 e. The van der Waals surface area contributed by atoms with E-state index in [1.165, 1.54) is 19.2 Å². The van der Waals surface area contributed by atoms with Crippen LogP contribution in [-0.4, -0.2) is 49.3 Å². The molecule has 9 nitrogen and oxygen atoms in total. The molecule has 4 aromatic rings. The number of anilines is 1. The summed E-state index contributed by atoms with van der Waals surface area (Å²) in [6, 6.07) is 8.91. The number of aromatic carboxylic acids is 1. The van der Waals surface area contributed by atoms with E-state index < -0.39 is 5.97 Å². The number of ether oxygens (including phenoxy) is 1. The minimum Gasteiger partial charge on any atom is -0.478 e. The van der Waals surface area contributed by atoms with Gasteiger partial charge in [0, 0.05) is 18.9 Å². The molecule has 0 saturated carbocycles. The summed E-state index contributed by atoms with van der Waals surface area (Å²) in [7, 11) is 1.50. The smallest absolute Gasteiger partial charge is 0.335 e. The molecule has 0 aliphatic rings. The van der Waals surface area contributed by atoms with Crippen molar-refractivity contribution in [3.63, 3.8) is 0 Å². The van der Waals surface area contributed by atoms with Gasteiger partial charge < -0.3 is 15.2 Å². The number of hydrogen-bond donors (Lipinski definition) is 2. The molecule has 0 aliphatic heterocycles. The van der Waals surface area contributed by atoms with E-state index in [0.717, 1.165) is 12.0 Å². The van der Waals surface area contributed by atoms with Crippen molar-refractivity contribution in [1.29, 1.82) is 0 Å². The van der Waals surface area contributed by atoms with Gasteiger partial charge in [0.1, 0.15) is 0 Å². The molecule has 3 heterocycles. The third kappa shape index (κ3) is 3.10. The summed E-state index contributed by atoms with van der Waals surface area (Å²) in [5, 5.41) is 20.7. The zero-order chi connectivity index (χ0) is 18.8. The number of carboxylic acid groups (broad SMARTS) is 1. The molecule has 0 saturated heterocycles. The van der Waals surface area contributed by atoms with E-state index in [1.807, 2.05) is 12.1 Å². The summed E-state index contributed by atoms with van der Waals surface area (Å²) in [5.41, 5.74) is 2.98. The SMILES string of the molecule is COc1nnc2c(NCCc3ccncc3)nc3cc(C(=O)O)ccc3n12. The highest BCUT2D eigenvalue weighted by Crippen LogP contribution is 2.25. The second-order valence-electron chi connectivity index (χ2n) is 5.85. The quantitative estimate of drug-likeness (QED) is 0.534. The Morgan fingerprint density at radius 3 is 2.78 bits per heavy atom. The van der Waals surface area contributed by atoms with Crippen LogP contribution in [0.1, 0.15) is 15.9 Å². The zero-order valence-corrected chi connectivity index (χ0v) is 14.5. The second kappa shape index (κ2) is 6.87. The summed E-state index contributed by atoms with van der Waals surface area (Å²) in [6.07, 6.45) is 4.27. The molecule has 0 radical (unpaired) electrons. The number of hydrogen-bond acceptors (Lipinski definition) is 7. The van der Waals surface area contributed by atoms with Gasteiger partial charge in [0.05, 0.1) is 23.7 Å². The molecular formula is C18H16N6O3. The van der Waals surface area contributed by atoms with Gasteiger partial charge in [-0.05, 0) is 42.3 Å². The number of carboxylic acids is 1. The molecule has 0 unspecified atom stereocenters. The largest absolute Gasteiger partial charge is 0.478 e. The van der Waals surface area contributed by atoms with E-state index in [-0.39, 0.29) is 5.56 Å². The molecule has 0 fully saturated rings. The Morgan fingerprint density at radius 2 is 2.04 bits per heavy atom. The van der Waals surface area contributed by atoms with Crippen LogP contribution in [0.5, 0.6) is 6.01 Å². The van der Waals surface area contributed by atoms with Crippen molar-refractivity contribution in [2.45, 2.75) is 6.42 Å². The molecule has 0 atom stereocenters. The lowest BCUT2D eigenvalue weighted by molar-refractivity contribution is 0.0697. The van der Waals surface area contributed by atoms with Crippen molar-refractivity contribution in [2.75, 3.05) is 19.0 Å². The Hall–Kier alpha value is -3.75. The van der Waals surface area contributed by atoms with E-state index in [2.05, 4.69) is 25.5 Å². The number of nitrogens with one attached hydrogen (secondary N) is 1. The van der Waals surface area contributed by atoms with Gasteiger partial charge in [0.15, 0.2) is 5.82 Å². The maximum atomic E-state index is 11.3. The van der Waals surface area contributed by atoms with E-state index in [9.17, 15) is 9.90 Å². The Labute approximate surface area is 153 Å². The fraction of sp³-hybridized carbons (Fsp3) is 0.167. The van der Waals surface area contributed by atoms with E-state index in [0.29, 0.717) is 35.1 Å². The van der Waals surface area contributed by atoms with Crippen molar-refractivity contribution in [1.82, 2.24) is 24.6 Å². The number of rotatable bonds is 6. The monoisotopic (exact) mass is 364 g/mol. The van der Waals surface area contributed by atoms with Gasteiger partial charge in [-0.2, -0.15) is 0 Å². The fourth-order valence-electron chi connectivity index (χ4n) is 2.87. The highest BCUT2D eigenvalue weighted by Gasteiger charge is 2.16. The highest BCUT2D eigenvalue weighted by atomic mass is 16.5. The van der Waals surface area contributed by atoms with Gasteiger partial charge in [-0.25, -0.2) is 14.2 Å². The van der Waals surface area contributed by atoms with Crippen LogP contribution >= 0.6 is 0 Å². The van der Waals surface area contributed by atoms with Crippen molar-refractivity contribution in [2.24, 2.45) is 0 Å². The van der Waals surface area contributed by atoms with Gasteiger partial charge >= 0.3 is 12.0 Å². The zero-order valence-electron chi connectivity index (χ0n) is 14.5. The van der Waals surface area contributed by atoms with Crippen molar-refractivity contribution >= 4 is 28.5 Å². The van der Waals surface area contributed by atoms with Gasteiger partial charge in [0.2, 0.25) is 5.65 Å². The molecule has 0 aliphatic carbocycles. The number of fused-ring (bicyclic) bond motifs is 3. The first-order valence-electron chi connectivity index (χ1n) is 8.26. The van der Waals surface area contributed by atoms with Crippen molar-refractivity contribution < 1.29 is 14.6 Å². The van der Waals surface area contributed by atoms with Crippen LogP contribution in [0.25, 0.3) is 16.7 Å². The summed E-state index contributed by atoms with van der Waals surface area (Å²) in [4.78, 5) is 19.9. The average Bonchev–Trinajstić information content (AvgIpc) is 3.13. The normalized spacial score (nSPS) is 11.0. The van der Waals surface area contributed by atoms with Gasteiger partial charge in [-0.15, -0.1) is 5.10 Å². The molecule has 4 rings (SSSR count). The van der Waals surface area contributed by atoms with Gasteiger partial charge in [-0.1, -0.05) is 5.10 Å². The lowest BCUT2D eigenvalue weighted by Gasteiger charge is -2.10. The lowest BCUT2D eigenvalue weighted by Crippen LogP contribution is -2.09. The Bertz CT molecular complexity index is 1130. The van der Waals surface area contributed by atoms with Crippen LogP contribution in [0, 0.1) is 0 Å². The summed E-state index contributed by atoms with van der Waals surface area (Å²) >= 11 is 0. The standard InChI is InChI=1S/C18H16N6O3/c1-27-18-23-22-16-15(20-9-6-11-4-7-19-8-5-11)21-13-10-12(17(25)26)2-3-14(13)24(16)18/h2-5,7-8,10H,6,9H2,1H3,(H,20,21)(H,25,26). The predicted octanol–water partition coefficient (Wildman–Crippen LogP) is 2.03. The second-order valence-corrected chi connectivity index (χ2v) is 5.85. The summed E-state index contributed by atoms with van der Waals surface area (Å²) < 4.78 is 7.00. The summed E-state index contributed by atoms with van der Waals surface area (Å²) in [6.45, 7) is 0.617. The van der Waals surface area contributed by atoms with Crippen LogP contribution in [-0.2, 0) is 6.42 Å². The molecule has 3 aromatic heterocycles. The van der Waals surface area contributed by atoms with Crippen molar-refractivity contribution in [3.8, 4) is 6.01 Å². The first-order chi connectivity index (χ1) is 13.2. The molecule has 0 amide bonds. The maximum absolute atomic E-state index is 11.3. The number of carbonyl (C=O) groups is 1. The average molecular weight is 364 g/mol. The Kier molecular flexibility index (Phi) is 4.25. The lowest BCUT2D eigenvalue weighted by atomic mass is 10.2. The number of aromatic nitrogens is 5. The van der Waals surface area contributed by atoms with E-state index >= 15 is 0 Å². The molecule has 2 N–H and O–H groups in total. The number of benzene rings is 1. The van der Waals surface area contributed by atoms with Crippen LogP contribution in [0.15, 0.2) is 42.7 Å². The van der Waals surface area contributed by atoms with E-state index in [4.69, 9.17) is 4.74 Å². The molecule has 0 bridgehead atoms. The number of nitrogens with zero attached hydrogens (tertiary/aromatic N) is 5. The van der Waals surface area contributed by atoms with Gasteiger partial charge in [0.25, 0.3) is 0 Å². The van der Waals surface area contributed by atoms with Crippen LogP contribution in [0.3, 0.4) is 0 Å². The first-order valence-corrected chi connectivity index (χ1v) is 8.26. The topological polar surface area (TPSA) is 115 Å². The number of pyridine rings is 1. The molecule has 27 heavy (non-hydrogen) atoms. The summed E-state index contributed by atoms with van der Waals surface area (Å²) in [5.74, 6) is -0.503. The number of methoxy groups -OCH3 is 1. The Balaban J connectivity index is 1.75. The molecule has 0 spiro atoms. The fourth-order valence-corrected chi connectivity index (χ4v) is 2.87. The first kappa shape index (κ1) is 16.7. The molecule has 136 valence electrons. The van der Waals surface area contributed by atoms with Crippen LogP contribution in [0.4, 0.5) is 5.82 Å². The molecular weight excluding hydrogens is 348 g/mol. The van der Waals surface area contributed by atoms with Gasteiger partial charge in [-0.3, -0.25) is 4.98 Å². The van der Waals surface area contributed by atoms with Crippen LogP contribution in [0.2, 0.25) is 0 Å². The predicted molar refractivity (Wildman–Crippen MR) is 98.2 cm³/mol. The third-order valence-electron chi connectivity index (χ3n) is 4.18. The molecule has 9 heteroatoms. The molecule has 1 aromatic carbocycles. The van der Waals surface area contributed by atoms with E-state index in [1.54, 1.807) is 22.9 Å². The Morgan fingerprint density at radius 1 is 1.22 bits per heavy atom. The van der Waals surface area contributed by atoms with Crippen LogP contribution < -0.4 is 10.1 Å².